The zero-order chi connectivity index (χ0) is 19.7. The van der Waals surface area contributed by atoms with Crippen molar-refractivity contribution in [2.24, 2.45) is 4.99 Å². The molecule has 1 heterocycles. The van der Waals surface area contributed by atoms with E-state index < -0.39 is 11.7 Å². The molecule has 5 nitrogen and oxygen atoms in total. The van der Waals surface area contributed by atoms with Crippen molar-refractivity contribution in [3.05, 3.63) is 35.4 Å². The lowest BCUT2D eigenvalue weighted by Crippen LogP contribution is -2.42. The summed E-state index contributed by atoms with van der Waals surface area (Å²) < 4.78 is 37.7. The van der Waals surface area contributed by atoms with Gasteiger partial charge in [-0.15, -0.1) is 24.0 Å². The highest BCUT2D eigenvalue weighted by Gasteiger charge is 2.29. The van der Waals surface area contributed by atoms with Crippen molar-refractivity contribution in [2.45, 2.75) is 19.0 Å². The predicted molar refractivity (Wildman–Crippen MR) is 118 cm³/mol. The molecular weight excluding hydrogens is 482 g/mol. The number of rotatable bonds is 6. The van der Waals surface area contributed by atoms with Crippen LogP contribution >= 0.6 is 24.0 Å². The monoisotopic (exact) mass is 513 g/mol. The Morgan fingerprint density at radius 2 is 1.71 bits per heavy atom. The van der Waals surface area contributed by atoms with Gasteiger partial charge in [0.1, 0.15) is 0 Å². The van der Waals surface area contributed by atoms with E-state index in [2.05, 4.69) is 32.5 Å². The fourth-order valence-electron chi connectivity index (χ4n) is 3.06. The van der Waals surface area contributed by atoms with Crippen LogP contribution in [0.4, 0.5) is 13.2 Å². The molecule has 28 heavy (non-hydrogen) atoms. The minimum Gasteiger partial charge on any atom is -0.356 e. The summed E-state index contributed by atoms with van der Waals surface area (Å²) in [7, 11) is 3.87. The van der Waals surface area contributed by atoms with E-state index in [1.807, 2.05) is 0 Å². The van der Waals surface area contributed by atoms with Gasteiger partial charge in [-0.05, 0) is 50.7 Å². The Bertz CT molecular complexity index is 592. The van der Waals surface area contributed by atoms with Gasteiger partial charge in [0, 0.05) is 39.8 Å². The SMILES string of the molecule is CN=C(NCCc1ccc(C(F)(F)F)cc1)NCCN1CCCN(C)CC1.I. The molecule has 0 bridgehead atoms. The molecular formula is C19H31F3IN5. The lowest BCUT2D eigenvalue weighted by atomic mass is 10.1. The van der Waals surface area contributed by atoms with Crippen molar-refractivity contribution in [2.75, 3.05) is 59.9 Å². The number of hydrogen-bond donors (Lipinski definition) is 2. The van der Waals surface area contributed by atoms with E-state index in [1.165, 1.54) is 18.6 Å². The highest BCUT2D eigenvalue weighted by molar-refractivity contribution is 14.0. The van der Waals surface area contributed by atoms with Crippen molar-refractivity contribution in [3.63, 3.8) is 0 Å². The van der Waals surface area contributed by atoms with E-state index in [9.17, 15) is 13.2 Å². The molecule has 2 rings (SSSR count). The van der Waals surface area contributed by atoms with Gasteiger partial charge >= 0.3 is 6.18 Å². The van der Waals surface area contributed by atoms with Crippen LogP contribution in [0.15, 0.2) is 29.3 Å². The van der Waals surface area contributed by atoms with Gasteiger partial charge < -0.3 is 20.4 Å². The van der Waals surface area contributed by atoms with Crippen LogP contribution in [0.2, 0.25) is 0 Å². The molecule has 2 N–H and O–H groups in total. The lowest BCUT2D eigenvalue weighted by Gasteiger charge is -2.21. The Hall–Kier alpha value is -1.07. The number of hydrogen-bond acceptors (Lipinski definition) is 3. The maximum atomic E-state index is 12.6. The summed E-state index contributed by atoms with van der Waals surface area (Å²) in [4.78, 5) is 9.00. The van der Waals surface area contributed by atoms with E-state index in [0.29, 0.717) is 18.9 Å². The Balaban J connectivity index is 0.00000392. The molecule has 0 aromatic heterocycles. The van der Waals surface area contributed by atoms with Gasteiger partial charge in [0.05, 0.1) is 5.56 Å². The first kappa shape index (κ1) is 25.0. The summed E-state index contributed by atoms with van der Waals surface area (Å²) in [5, 5.41) is 6.51. The second-order valence-electron chi connectivity index (χ2n) is 6.87. The van der Waals surface area contributed by atoms with Crippen LogP contribution in [0.3, 0.4) is 0 Å². The first-order valence-electron chi connectivity index (χ1n) is 9.40. The topological polar surface area (TPSA) is 42.9 Å². The summed E-state index contributed by atoms with van der Waals surface area (Å²) in [5.41, 5.74) is 0.246. The highest BCUT2D eigenvalue weighted by Crippen LogP contribution is 2.29. The molecule has 160 valence electrons. The zero-order valence-corrected chi connectivity index (χ0v) is 18.9. The largest absolute Gasteiger partial charge is 0.416 e. The number of guanidine groups is 1. The van der Waals surface area contributed by atoms with Gasteiger partial charge in [-0.2, -0.15) is 13.2 Å². The van der Waals surface area contributed by atoms with Crippen LogP contribution in [0.1, 0.15) is 17.5 Å². The molecule has 0 atom stereocenters. The second kappa shape index (κ2) is 12.5. The smallest absolute Gasteiger partial charge is 0.356 e. The minimum absolute atomic E-state index is 0. The molecule has 0 aliphatic carbocycles. The molecule has 1 aromatic rings. The van der Waals surface area contributed by atoms with Crippen LogP contribution in [0.5, 0.6) is 0 Å². The average Bonchev–Trinajstić information content (AvgIpc) is 2.84. The number of halogens is 4. The summed E-state index contributed by atoms with van der Waals surface area (Å²) >= 11 is 0. The number of benzene rings is 1. The molecule has 1 fully saturated rings. The van der Waals surface area contributed by atoms with Gasteiger partial charge in [0.25, 0.3) is 0 Å². The van der Waals surface area contributed by atoms with Gasteiger partial charge in [-0.1, -0.05) is 12.1 Å². The molecule has 0 unspecified atom stereocenters. The fraction of sp³-hybridized carbons (Fsp3) is 0.632. The molecule has 0 saturated carbocycles. The van der Waals surface area contributed by atoms with Crippen molar-refractivity contribution in [1.29, 1.82) is 0 Å². The van der Waals surface area contributed by atoms with Gasteiger partial charge in [-0.3, -0.25) is 4.99 Å². The van der Waals surface area contributed by atoms with Gasteiger partial charge in [0.15, 0.2) is 5.96 Å². The fourth-order valence-corrected chi connectivity index (χ4v) is 3.06. The van der Waals surface area contributed by atoms with Crippen molar-refractivity contribution in [3.8, 4) is 0 Å². The van der Waals surface area contributed by atoms with Crippen molar-refractivity contribution in [1.82, 2.24) is 20.4 Å². The molecule has 0 spiro atoms. The van der Waals surface area contributed by atoms with Gasteiger partial charge in [-0.25, -0.2) is 0 Å². The van der Waals surface area contributed by atoms with E-state index >= 15 is 0 Å². The highest BCUT2D eigenvalue weighted by atomic mass is 127. The first-order chi connectivity index (χ1) is 12.9. The Kier molecular flexibility index (Phi) is 11.1. The maximum Gasteiger partial charge on any atom is 0.416 e. The molecule has 1 aliphatic heterocycles. The molecule has 9 heteroatoms. The zero-order valence-electron chi connectivity index (χ0n) is 16.6. The molecule has 1 saturated heterocycles. The van der Waals surface area contributed by atoms with E-state index in [-0.39, 0.29) is 24.0 Å². The Labute approximate surface area is 182 Å². The Morgan fingerprint density at radius 3 is 2.36 bits per heavy atom. The van der Waals surface area contributed by atoms with Crippen LogP contribution in [0.25, 0.3) is 0 Å². The lowest BCUT2D eigenvalue weighted by molar-refractivity contribution is -0.137. The van der Waals surface area contributed by atoms with Crippen molar-refractivity contribution >= 4 is 29.9 Å². The number of aliphatic imine (C=N–C) groups is 1. The molecule has 1 aromatic carbocycles. The summed E-state index contributed by atoms with van der Waals surface area (Å²) in [5.74, 6) is 0.717. The number of nitrogens with zero attached hydrogens (tertiary/aromatic N) is 3. The quantitative estimate of drug-likeness (QED) is 0.349. The second-order valence-corrected chi connectivity index (χ2v) is 6.87. The predicted octanol–water partition coefficient (Wildman–Crippen LogP) is 2.67. The number of nitrogens with one attached hydrogen (secondary N) is 2. The standard InChI is InChI=1S/C19H30F3N5.HI/c1-23-18(25-10-13-27-12-3-11-26(2)14-15-27)24-9-8-16-4-6-17(7-5-16)19(20,21)22;/h4-7H,3,8-15H2,1-2H3,(H2,23,24,25);1H. The van der Waals surface area contributed by atoms with Crippen LogP contribution < -0.4 is 10.6 Å². The number of likely N-dealkylation sites (N-methyl/N-ethyl adjacent to an activating group) is 1. The summed E-state index contributed by atoms with van der Waals surface area (Å²) in [6.45, 7) is 6.83. The van der Waals surface area contributed by atoms with Crippen LogP contribution in [-0.4, -0.2) is 75.7 Å². The number of alkyl halides is 3. The van der Waals surface area contributed by atoms with Crippen molar-refractivity contribution < 1.29 is 13.2 Å². The normalized spacial score (nSPS) is 17.0. The minimum atomic E-state index is -4.29. The summed E-state index contributed by atoms with van der Waals surface area (Å²) in [6, 6.07) is 5.30. The molecule has 0 radical (unpaired) electrons. The van der Waals surface area contributed by atoms with Gasteiger partial charge in [0.2, 0.25) is 0 Å². The average molecular weight is 513 g/mol. The van der Waals surface area contributed by atoms with E-state index in [1.54, 1.807) is 7.05 Å². The summed E-state index contributed by atoms with van der Waals surface area (Å²) in [6.07, 6.45) is -2.46. The molecule has 1 aliphatic rings. The maximum absolute atomic E-state index is 12.6. The van der Waals surface area contributed by atoms with Crippen LogP contribution in [-0.2, 0) is 12.6 Å². The van der Waals surface area contributed by atoms with Crippen LogP contribution in [0, 0.1) is 0 Å². The third-order valence-corrected chi connectivity index (χ3v) is 4.74. The van der Waals surface area contributed by atoms with E-state index in [0.717, 1.165) is 57.0 Å². The first-order valence-corrected chi connectivity index (χ1v) is 9.40. The molecule has 0 amide bonds. The third-order valence-electron chi connectivity index (χ3n) is 4.74. The Morgan fingerprint density at radius 1 is 1.04 bits per heavy atom. The van der Waals surface area contributed by atoms with E-state index in [4.69, 9.17) is 0 Å². The third kappa shape index (κ3) is 8.95.